The smallest absolute Gasteiger partial charge is 0.125 e. The van der Waals surface area contributed by atoms with Crippen molar-refractivity contribution in [2.24, 2.45) is 5.73 Å². The van der Waals surface area contributed by atoms with Gasteiger partial charge in [-0.2, -0.15) is 0 Å². The molecule has 1 atom stereocenters. The molecule has 0 amide bonds. The highest BCUT2D eigenvalue weighted by molar-refractivity contribution is 6.31. The van der Waals surface area contributed by atoms with Gasteiger partial charge < -0.3 is 15.2 Å². The lowest BCUT2D eigenvalue weighted by Gasteiger charge is -2.15. The molecule has 0 aromatic heterocycles. The highest BCUT2D eigenvalue weighted by Gasteiger charge is 2.13. The monoisotopic (exact) mass is 310 g/mol. The van der Waals surface area contributed by atoms with E-state index < -0.39 is 11.8 Å². The van der Waals surface area contributed by atoms with E-state index in [9.17, 15) is 4.39 Å². The lowest BCUT2D eigenvalue weighted by atomic mass is 10.0. The first-order valence-electron chi connectivity index (χ1n) is 6.85. The van der Waals surface area contributed by atoms with E-state index in [-0.39, 0.29) is 11.6 Å². The van der Waals surface area contributed by atoms with E-state index >= 15 is 0 Å². The molecule has 21 heavy (non-hydrogen) atoms. The van der Waals surface area contributed by atoms with Gasteiger partial charge in [0, 0.05) is 11.6 Å². The van der Waals surface area contributed by atoms with Gasteiger partial charge in [-0.1, -0.05) is 11.6 Å². The highest BCUT2D eigenvalue weighted by Crippen LogP contribution is 2.27. The Kier molecular flexibility index (Phi) is 4.58. The average Bonchev–Trinajstić information content (AvgIpc) is 2.45. The van der Waals surface area contributed by atoms with E-state index in [0.29, 0.717) is 22.6 Å². The zero-order chi connectivity index (χ0) is 16.3. The van der Waals surface area contributed by atoms with Crippen molar-refractivity contribution in [3.63, 3.8) is 0 Å². The second kappa shape index (κ2) is 6.78. The Morgan fingerprint density at radius 3 is 2.48 bits per heavy atom. The Morgan fingerprint density at radius 1 is 1.29 bits per heavy atom. The molecular formula is C16H17ClFNO2. The van der Waals surface area contributed by atoms with Crippen LogP contribution in [0.25, 0.3) is 0 Å². The Hall–Kier alpha value is -1.78. The highest BCUT2D eigenvalue weighted by atomic mass is 35.5. The normalized spacial score (nSPS) is 14.2. The van der Waals surface area contributed by atoms with Crippen molar-refractivity contribution in [3.8, 4) is 11.5 Å². The lowest BCUT2D eigenvalue weighted by molar-refractivity contribution is 0.303. The number of rotatable bonds is 5. The van der Waals surface area contributed by atoms with E-state index in [2.05, 4.69) is 0 Å². The first-order valence-corrected chi connectivity index (χ1v) is 6.73. The number of methoxy groups -OCH3 is 1. The average molecular weight is 311 g/mol. The molecule has 0 aliphatic heterocycles. The number of benzene rings is 2. The molecular weight excluding hydrogens is 293 g/mol. The fourth-order valence-electron chi connectivity index (χ4n) is 1.93. The van der Waals surface area contributed by atoms with Crippen LogP contribution in [0.5, 0.6) is 11.5 Å². The van der Waals surface area contributed by atoms with Gasteiger partial charge in [0.25, 0.3) is 0 Å². The third kappa shape index (κ3) is 3.86. The summed E-state index contributed by atoms with van der Waals surface area (Å²) in [5, 5.41) is 0.187. The maximum atomic E-state index is 13.5. The van der Waals surface area contributed by atoms with Crippen molar-refractivity contribution in [2.45, 2.75) is 19.5 Å². The van der Waals surface area contributed by atoms with E-state index in [4.69, 9.17) is 28.2 Å². The van der Waals surface area contributed by atoms with Crippen molar-refractivity contribution >= 4 is 11.6 Å². The lowest BCUT2D eigenvalue weighted by Crippen LogP contribution is -2.11. The molecule has 0 heterocycles. The Morgan fingerprint density at radius 2 is 1.90 bits per heavy atom. The summed E-state index contributed by atoms with van der Waals surface area (Å²) in [5.41, 5.74) is 6.57. The van der Waals surface area contributed by atoms with Crippen LogP contribution in [-0.2, 0) is 6.61 Å². The third-order valence-corrected chi connectivity index (χ3v) is 3.36. The largest absolute Gasteiger partial charge is 0.497 e. The predicted octanol–water partition coefficient (Wildman–Crippen LogP) is 4.09. The fraction of sp³-hybridized carbons (Fsp3) is 0.250. The number of hydrogen-bond donors (Lipinski definition) is 1. The predicted molar refractivity (Wildman–Crippen MR) is 81.3 cm³/mol. The molecule has 0 aliphatic rings. The van der Waals surface area contributed by atoms with Crippen LogP contribution < -0.4 is 15.2 Å². The van der Waals surface area contributed by atoms with Gasteiger partial charge in [0.15, 0.2) is 0 Å². The molecule has 0 fully saturated rings. The Balaban J connectivity index is 2.25. The molecule has 0 unspecified atom stereocenters. The van der Waals surface area contributed by atoms with Gasteiger partial charge in [0.2, 0.25) is 0 Å². The van der Waals surface area contributed by atoms with E-state index in [1.165, 1.54) is 19.1 Å². The molecule has 2 aromatic rings. The Labute approximate surface area is 129 Å². The van der Waals surface area contributed by atoms with Gasteiger partial charge in [-0.05, 0) is 48.9 Å². The topological polar surface area (TPSA) is 44.5 Å². The van der Waals surface area contributed by atoms with E-state index in [1.54, 1.807) is 31.4 Å². The second-order valence-electron chi connectivity index (χ2n) is 4.56. The summed E-state index contributed by atoms with van der Waals surface area (Å²) in [6, 6.07) is 7.95. The SMILES string of the molecule is [2H][C@@](C)(N)c1cc(F)cc(Cl)c1COc1ccc(OC)cc1. The first-order chi connectivity index (χ1) is 10.3. The molecule has 5 heteroatoms. The van der Waals surface area contributed by atoms with Gasteiger partial charge in [-0.25, -0.2) is 4.39 Å². The fourth-order valence-corrected chi connectivity index (χ4v) is 2.19. The van der Waals surface area contributed by atoms with Crippen molar-refractivity contribution in [1.29, 1.82) is 0 Å². The molecule has 0 radical (unpaired) electrons. The zero-order valence-electron chi connectivity index (χ0n) is 12.8. The van der Waals surface area contributed by atoms with Crippen LogP contribution in [0.4, 0.5) is 4.39 Å². The molecule has 3 nitrogen and oxygen atoms in total. The molecule has 0 spiro atoms. The van der Waals surface area contributed by atoms with Gasteiger partial charge in [0.1, 0.15) is 23.9 Å². The van der Waals surface area contributed by atoms with E-state index in [1.807, 2.05) is 0 Å². The number of nitrogens with two attached hydrogens (primary N) is 1. The summed E-state index contributed by atoms with van der Waals surface area (Å²) in [4.78, 5) is 0. The van der Waals surface area contributed by atoms with Crippen LogP contribution in [0, 0.1) is 5.82 Å². The molecule has 112 valence electrons. The molecule has 0 saturated heterocycles. The van der Waals surface area contributed by atoms with Gasteiger partial charge in [0.05, 0.1) is 13.5 Å². The van der Waals surface area contributed by atoms with E-state index in [0.717, 1.165) is 0 Å². The van der Waals surface area contributed by atoms with Gasteiger partial charge >= 0.3 is 0 Å². The first kappa shape index (κ1) is 14.2. The summed E-state index contributed by atoms with van der Waals surface area (Å²) in [6.07, 6.45) is 0. The minimum atomic E-state index is -1.47. The summed E-state index contributed by atoms with van der Waals surface area (Å²) in [7, 11) is 1.58. The maximum absolute atomic E-state index is 13.5. The van der Waals surface area contributed by atoms with Gasteiger partial charge in [-0.15, -0.1) is 0 Å². The standard InChI is InChI=1S/C16H17ClFNO2/c1-10(19)14-7-11(18)8-16(17)15(14)9-21-13-5-3-12(20-2)4-6-13/h3-8,10H,9,19H2,1-2H3/t10-/m0/s1/i10D. The molecule has 2 aromatic carbocycles. The molecule has 0 saturated carbocycles. The van der Waals surface area contributed by atoms with Crippen LogP contribution in [0.1, 0.15) is 25.4 Å². The van der Waals surface area contributed by atoms with Crippen LogP contribution in [0.2, 0.25) is 5.02 Å². The van der Waals surface area contributed by atoms with Crippen LogP contribution in [0.3, 0.4) is 0 Å². The maximum Gasteiger partial charge on any atom is 0.125 e. The molecule has 2 rings (SSSR count). The summed E-state index contributed by atoms with van der Waals surface area (Å²) < 4.78 is 32.1. The van der Waals surface area contributed by atoms with Crippen molar-refractivity contribution in [1.82, 2.24) is 0 Å². The summed E-state index contributed by atoms with van der Waals surface area (Å²) >= 11 is 6.08. The number of ether oxygens (including phenoxy) is 2. The minimum absolute atomic E-state index is 0.0897. The summed E-state index contributed by atoms with van der Waals surface area (Å²) in [6.45, 7) is 1.56. The molecule has 0 bridgehead atoms. The number of hydrogen-bond acceptors (Lipinski definition) is 3. The van der Waals surface area contributed by atoms with Crippen molar-refractivity contribution in [2.75, 3.05) is 7.11 Å². The van der Waals surface area contributed by atoms with Crippen molar-refractivity contribution in [3.05, 3.63) is 58.4 Å². The van der Waals surface area contributed by atoms with Crippen LogP contribution in [-0.4, -0.2) is 7.11 Å². The van der Waals surface area contributed by atoms with Gasteiger partial charge in [-0.3, -0.25) is 0 Å². The second-order valence-corrected chi connectivity index (χ2v) is 4.97. The zero-order valence-corrected chi connectivity index (χ0v) is 12.6. The van der Waals surface area contributed by atoms with Crippen LogP contribution >= 0.6 is 11.6 Å². The minimum Gasteiger partial charge on any atom is -0.497 e. The third-order valence-electron chi connectivity index (χ3n) is 3.03. The molecule has 2 N–H and O–H groups in total. The quantitative estimate of drug-likeness (QED) is 0.904. The van der Waals surface area contributed by atoms with Crippen molar-refractivity contribution < 1.29 is 15.2 Å². The molecule has 0 aliphatic carbocycles. The Bertz CT molecular complexity index is 656. The number of halogens is 2. The van der Waals surface area contributed by atoms with Crippen LogP contribution in [0.15, 0.2) is 36.4 Å². The summed E-state index contributed by atoms with van der Waals surface area (Å²) in [5.74, 6) is 0.793.